The van der Waals surface area contributed by atoms with E-state index in [2.05, 4.69) is 0 Å². The molecule has 2 rings (SSSR count). The van der Waals surface area contributed by atoms with Gasteiger partial charge in [-0.15, -0.1) is 0 Å². The molecule has 3 nitrogen and oxygen atoms in total. The molecule has 0 bridgehead atoms. The number of rotatable bonds is 1. The summed E-state index contributed by atoms with van der Waals surface area (Å²) in [5, 5.41) is 0. The summed E-state index contributed by atoms with van der Waals surface area (Å²) in [6.45, 7) is 3.01. The Morgan fingerprint density at radius 3 is 2.44 bits per heavy atom. The van der Waals surface area contributed by atoms with E-state index in [9.17, 15) is 13.6 Å². The Morgan fingerprint density at radius 2 is 1.89 bits per heavy atom. The van der Waals surface area contributed by atoms with Crippen molar-refractivity contribution in [3.63, 3.8) is 0 Å². The average Bonchev–Trinajstić information content (AvgIpc) is 2.25. The molecule has 1 fully saturated rings. The monoisotopic (exact) mass is 254 g/mol. The number of amides is 1. The molecule has 1 saturated heterocycles. The molecule has 1 aliphatic rings. The minimum atomic E-state index is -0.743. The van der Waals surface area contributed by atoms with Crippen molar-refractivity contribution in [2.75, 3.05) is 13.1 Å². The number of nitrogens with zero attached hydrogens (tertiary/aromatic N) is 1. The SMILES string of the molecule is CC1CC(N)CN(C(=O)c2cc(F)cc(F)c2)C1. The highest BCUT2D eigenvalue weighted by Crippen LogP contribution is 2.18. The first kappa shape index (κ1) is 13.0. The Morgan fingerprint density at radius 1 is 1.28 bits per heavy atom. The van der Waals surface area contributed by atoms with Crippen LogP contribution >= 0.6 is 0 Å². The summed E-state index contributed by atoms with van der Waals surface area (Å²) in [4.78, 5) is 13.7. The van der Waals surface area contributed by atoms with E-state index in [1.54, 1.807) is 4.90 Å². The first-order valence-corrected chi connectivity index (χ1v) is 5.96. The van der Waals surface area contributed by atoms with Gasteiger partial charge in [0.25, 0.3) is 5.91 Å². The van der Waals surface area contributed by atoms with Crippen molar-refractivity contribution in [2.45, 2.75) is 19.4 Å². The van der Waals surface area contributed by atoms with E-state index in [-0.39, 0.29) is 17.5 Å². The predicted molar refractivity (Wildman–Crippen MR) is 64.0 cm³/mol. The molecule has 18 heavy (non-hydrogen) atoms. The van der Waals surface area contributed by atoms with Gasteiger partial charge < -0.3 is 10.6 Å². The second kappa shape index (κ2) is 5.02. The van der Waals surface area contributed by atoms with Gasteiger partial charge in [0.15, 0.2) is 0 Å². The second-order valence-electron chi connectivity index (χ2n) is 4.97. The lowest BCUT2D eigenvalue weighted by Crippen LogP contribution is -2.48. The molecular weight excluding hydrogens is 238 g/mol. The maximum Gasteiger partial charge on any atom is 0.254 e. The molecule has 2 atom stereocenters. The van der Waals surface area contributed by atoms with Crippen molar-refractivity contribution in [2.24, 2.45) is 11.7 Å². The Labute approximate surface area is 105 Å². The summed E-state index contributed by atoms with van der Waals surface area (Å²) in [6, 6.07) is 2.78. The minimum Gasteiger partial charge on any atom is -0.337 e. The molecule has 1 aliphatic heterocycles. The van der Waals surface area contributed by atoms with Gasteiger partial charge >= 0.3 is 0 Å². The average molecular weight is 254 g/mol. The summed E-state index contributed by atoms with van der Waals surface area (Å²) in [6.07, 6.45) is 0.862. The molecule has 1 heterocycles. The number of carbonyl (C=O) groups excluding carboxylic acids is 1. The highest BCUT2D eigenvalue weighted by Gasteiger charge is 2.26. The van der Waals surface area contributed by atoms with Crippen LogP contribution in [0.4, 0.5) is 8.78 Å². The zero-order valence-electron chi connectivity index (χ0n) is 10.2. The molecule has 98 valence electrons. The van der Waals surface area contributed by atoms with Gasteiger partial charge in [-0.1, -0.05) is 6.92 Å². The maximum absolute atomic E-state index is 13.1. The van der Waals surface area contributed by atoms with Crippen LogP contribution < -0.4 is 5.73 Å². The number of benzene rings is 1. The van der Waals surface area contributed by atoms with Crippen molar-refractivity contribution in [3.8, 4) is 0 Å². The molecule has 1 aromatic rings. The molecule has 2 unspecified atom stereocenters. The Hall–Kier alpha value is -1.49. The lowest BCUT2D eigenvalue weighted by atomic mass is 9.96. The number of hydrogen-bond acceptors (Lipinski definition) is 2. The van der Waals surface area contributed by atoms with Crippen LogP contribution in [0.5, 0.6) is 0 Å². The molecule has 5 heteroatoms. The van der Waals surface area contributed by atoms with Gasteiger partial charge in [-0.05, 0) is 24.5 Å². The van der Waals surface area contributed by atoms with E-state index in [1.165, 1.54) is 0 Å². The Balaban J connectivity index is 2.20. The van der Waals surface area contributed by atoms with E-state index in [1.807, 2.05) is 6.92 Å². The molecule has 0 aliphatic carbocycles. The van der Waals surface area contributed by atoms with Crippen molar-refractivity contribution in [1.29, 1.82) is 0 Å². The third kappa shape index (κ3) is 2.85. The fourth-order valence-electron chi connectivity index (χ4n) is 2.43. The highest BCUT2D eigenvalue weighted by molar-refractivity contribution is 5.94. The van der Waals surface area contributed by atoms with Crippen molar-refractivity contribution in [3.05, 3.63) is 35.4 Å². The molecule has 1 aromatic carbocycles. The highest BCUT2D eigenvalue weighted by atomic mass is 19.1. The number of carbonyl (C=O) groups is 1. The maximum atomic E-state index is 13.1. The third-order valence-corrected chi connectivity index (χ3v) is 3.09. The lowest BCUT2D eigenvalue weighted by molar-refractivity contribution is 0.0660. The number of piperidine rings is 1. The zero-order chi connectivity index (χ0) is 13.3. The van der Waals surface area contributed by atoms with E-state index < -0.39 is 11.6 Å². The van der Waals surface area contributed by atoms with Gasteiger partial charge in [-0.3, -0.25) is 4.79 Å². The van der Waals surface area contributed by atoms with Gasteiger partial charge in [0.05, 0.1) is 0 Å². The first-order valence-electron chi connectivity index (χ1n) is 5.96. The van der Waals surface area contributed by atoms with E-state index >= 15 is 0 Å². The van der Waals surface area contributed by atoms with Crippen molar-refractivity contribution in [1.82, 2.24) is 4.90 Å². The van der Waals surface area contributed by atoms with E-state index in [4.69, 9.17) is 5.73 Å². The summed E-state index contributed by atoms with van der Waals surface area (Å²) in [5.74, 6) is -1.55. The van der Waals surface area contributed by atoms with Crippen LogP contribution in [-0.4, -0.2) is 29.9 Å². The van der Waals surface area contributed by atoms with Crippen LogP contribution in [0.15, 0.2) is 18.2 Å². The molecule has 2 N–H and O–H groups in total. The molecule has 1 amide bonds. The number of nitrogens with two attached hydrogens (primary N) is 1. The van der Waals surface area contributed by atoms with Crippen LogP contribution in [0.25, 0.3) is 0 Å². The third-order valence-electron chi connectivity index (χ3n) is 3.09. The number of halogens is 2. The number of likely N-dealkylation sites (tertiary alicyclic amines) is 1. The van der Waals surface area contributed by atoms with Gasteiger partial charge in [0.2, 0.25) is 0 Å². The molecular formula is C13H16F2N2O. The fourth-order valence-corrected chi connectivity index (χ4v) is 2.43. The van der Waals surface area contributed by atoms with Crippen LogP contribution in [0, 0.1) is 17.6 Å². The topological polar surface area (TPSA) is 46.3 Å². The van der Waals surface area contributed by atoms with Gasteiger partial charge in [-0.25, -0.2) is 8.78 Å². The molecule has 0 saturated carbocycles. The van der Waals surface area contributed by atoms with Crippen LogP contribution in [0.3, 0.4) is 0 Å². The van der Waals surface area contributed by atoms with Crippen LogP contribution in [0.1, 0.15) is 23.7 Å². The van der Waals surface area contributed by atoms with Crippen LogP contribution in [-0.2, 0) is 0 Å². The summed E-state index contributed by atoms with van der Waals surface area (Å²) >= 11 is 0. The minimum absolute atomic E-state index is 0.0359. The predicted octanol–water partition coefficient (Wildman–Crippen LogP) is 1.77. The standard InChI is InChI=1S/C13H16F2N2O/c1-8-2-12(16)7-17(6-8)13(18)9-3-10(14)5-11(15)4-9/h3-5,8,12H,2,6-7,16H2,1H3. The van der Waals surface area contributed by atoms with Gasteiger partial charge in [-0.2, -0.15) is 0 Å². The molecule has 0 spiro atoms. The zero-order valence-corrected chi connectivity index (χ0v) is 10.2. The summed E-state index contributed by atoms with van der Waals surface area (Å²) in [5.41, 5.74) is 5.89. The van der Waals surface area contributed by atoms with Gasteiger partial charge in [0.1, 0.15) is 11.6 Å². The van der Waals surface area contributed by atoms with E-state index in [0.29, 0.717) is 19.0 Å². The number of hydrogen-bond donors (Lipinski definition) is 1. The first-order chi connectivity index (χ1) is 8.45. The quantitative estimate of drug-likeness (QED) is 0.830. The lowest BCUT2D eigenvalue weighted by Gasteiger charge is -2.34. The van der Waals surface area contributed by atoms with Crippen molar-refractivity contribution < 1.29 is 13.6 Å². The summed E-state index contributed by atoms with van der Waals surface area (Å²) in [7, 11) is 0. The van der Waals surface area contributed by atoms with E-state index in [0.717, 1.165) is 24.6 Å². The smallest absolute Gasteiger partial charge is 0.254 e. The van der Waals surface area contributed by atoms with Gasteiger partial charge in [0, 0.05) is 30.8 Å². The van der Waals surface area contributed by atoms with Crippen LogP contribution in [0.2, 0.25) is 0 Å². The Kier molecular flexibility index (Phi) is 3.61. The molecule has 0 aromatic heterocycles. The largest absolute Gasteiger partial charge is 0.337 e. The molecule has 0 radical (unpaired) electrons. The van der Waals surface area contributed by atoms with Crippen molar-refractivity contribution >= 4 is 5.91 Å². The summed E-state index contributed by atoms with van der Waals surface area (Å²) < 4.78 is 26.1. The normalized spacial score (nSPS) is 24.1. The second-order valence-corrected chi connectivity index (χ2v) is 4.97. The fraction of sp³-hybridized carbons (Fsp3) is 0.462. The Bertz CT molecular complexity index is 434.